The third-order valence-corrected chi connectivity index (χ3v) is 4.74. The Morgan fingerprint density at radius 2 is 1.79 bits per heavy atom. The standard InChI is InChI=1S/C23H21BrN2O3/c1-2-28-19-12-13-21(24)18(14-19)15-25-26-23(27)20-10-6-7-11-22(20)29-16-17-8-4-3-5-9-17/h3-15H,2,16H2,1H3,(H,26,27). The molecule has 3 aromatic rings. The minimum Gasteiger partial charge on any atom is -0.494 e. The molecule has 148 valence electrons. The topological polar surface area (TPSA) is 59.9 Å². The van der Waals surface area contributed by atoms with Gasteiger partial charge in [0.2, 0.25) is 0 Å². The number of hydrogen-bond donors (Lipinski definition) is 1. The minimum atomic E-state index is -0.345. The number of hydrazone groups is 1. The van der Waals surface area contributed by atoms with Crippen LogP contribution in [-0.2, 0) is 6.61 Å². The molecule has 3 aromatic carbocycles. The summed E-state index contributed by atoms with van der Waals surface area (Å²) in [7, 11) is 0. The van der Waals surface area contributed by atoms with E-state index in [0.717, 1.165) is 21.3 Å². The number of carbonyl (C=O) groups is 1. The fraction of sp³-hybridized carbons (Fsp3) is 0.130. The summed E-state index contributed by atoms with van der Waals surface area (Å²) in [6, 6.07) is 22.5. The third-order valence-electron chi connectivity index (χ3n) is 4.02. The molecule has 0 unspecified atom stereocenters. The average molecular weight is 453 g/mol. The Bertz CT molecular complexity index is 990. The van der Waals surface area contributed by atoms with Crippen molar-refractivity contribution < 1.29 is 14.3 Å². The fourth-order valence-corrected chi connectivity index (χ4v) is 2.96. The first-order valence-corrected chi connectivity index (χ1v) is 9.98. The number of para-hydroxylation sites is 1. The normalized spacial score (nSPS) is 10.7. The Kier molecular flexibility index (Phi) is 7.41. The summed E-state index contributed by atoms with van der Waals surface area (Å²) >= 11 is 3.47. The molecule has 0 atom stereocenters. The summed E-state index contributed by atoms with van der Waals surface area (Å²) in [6.45, 7) is 2.88. The minimum absolute atomic E-state index is 0.345. The van der Waals surface area contributed by atoms with Gasteiger partial charge >= 0.3 is 0 Å². The van der Waals surface area contributed by atoms with Crippen molar-refractivity contribution in [3.63, 3.8) is 0 Å². The molecule has 0 saturated carbocycles. The van der Waals surface area contributed by atoms with E-state index in [1.807, 2.05) is 61.5 Å². The quantitative estimate of drug-likeness (QED) is 0.377. The van der Waals surface area contributed by atoms with Gasteiger partial charge in [0.25, 0.3) is 5.91 Å². The summed E-state index contributed by atoms with van der Waals surface area (Å²) < 4.78 is 12.2. The number of carbonyl (C=O) groups excluding carboxylic acids is 1. The fourth-order valence-electron chi connectivity index (χ4n) is 2.61. The number of amides is 1. The monoisotopic (exact) mass is 452 g/mol. The molecule has 3 rings (SSSR count). The first-order chi connectivity index (χ1) is 14.2. The van der Waals surface area contributed by atoms with Crippen molar-refractivity contribution in [2.75, 3.05) is 6.61 Å². The van der Waals surface area contributed by atoms with Crippen LogP contribution in [0.1, 0.15) is 28.4 Å². The molecule has 0 radical (unpaired) electrons. The molecule has 6 heteroatoms. The van der Waals surface area contributed by atoms with Gasteiger partial charge in [-0.2, -0.15) is 5.10 Å². The molecule has 1 amide bonds. The molecule has 0 aliphatic rings. The molecule has 5 nitrogen and oxygen atoms in total. The maximum atomic E-state index is 12.6. The highest BCUT2D eigenvalue weighted by Crippen LogP contribution is 2.22. The molecule has 0 fully saturated rings. The smallest absolute Gasteiger partial charge is 0.275 e. The lowest BCUT2D eigenvalue weighted by Gasteiger charge is -2.10. The zero-order chi connectivity index (χ0) is 20.5. The maximum Gasteiger partial charge on any atom is 0.275 e. The van der Waals surface area contributed by atoms with Crippen LogP contribution in [0.5, 0.6) is 11.5 Å². The van der Waals surface area contributed by atoms with Crippen molar-refractivity contribution in [2.24, 2.45) is 5.10 Å². The second kappa shape index (κ2) is 10.4. The van der Waals surface area contributed by atoms with Crippen LogP contribution in [0.3, 0.4) is 0 Å². The third kappa shape index (κ3) is 5.93. The maximum absolute atomic E-state index is 12.6. The molecular weight excluding hydrogens is 432 g/mol. The lowest BCUT2D eigenvalue weighted by atomic mass is 10.2. The largest absolute Gasteiger partial charge is 0.494 e. The highest BCUT2D eigenvalue weighted by molar-refractivity contribution is 9.10. The van der Waals surface area contributed by atoms with E-state index in [0.29, 0.717) is 24.5 Å². The second-order valence-electron chi connectivity index (χ2n) is 6.09. The number of nitrogens with zero attached hydrogens (tertiary/aromatic N) is 1. The number of ether oxygens (including phenoxy) is 2. The summed E-state index contributed by atoms with van der Waals surface area (Å²) in [5.74, 6) is 0.897. The number of nitrogens with one attached hydrogen (secondary N) is 1. The molecule has 0 saturated heterocycles. The van der Waals surface area contributed by atoms with Crippen molar-refractivity contribution >= 4 is 28.1 Å². The molecule has 29 heavy (non-hydrogen) atoms. The van der Waals surface area contributed by atoms with Gasteiger partial charge in [0.05, 0.1) is 18.4 Å². The summed E-state index contributed by atoms with van der Waals surface area (Å²) in [5, 5.41) is 4.07. The number of hydrogen-bond acceptors (Lipinski definition) is 4. The van der Waals surface area contributed by atoms with Crippen LogP contribution in [0.15, 0.2) is 82.4 Å². The van der Waals surface area contributed by atoms with Crippen LogP contribution in [0.2, 0.25) is 0 Å². The molecular formula is C23H21BrN2O3. The highest BCUT2D eigenvalue weighted by Gasteiger charge is 2.11. The van der Waals surface area contributed by atoms with E-state index in [1.54, 1.807) is 24.4 Å². The lowest BCUT2D eigenvalue weighted by molar-refractivity contribution is 0.0950. The van der Waals surface area contributed by atoms with Gasteiger partial charge in [0.15, 0.2) is 0 Å². The Hall–Kier alpha value is -3.12. The number of rotatable bonds is 8. The van der Waals surface area contributed by atoms with Gasteiger partial charge in [-0.3, -0.25) is 4.79 Å². The van der Waals surface area contributed by atoms with Crippen LogP contribution in [-0.4, -0.2) is 18.7 Å². The summed E-state index contributed by atoms with van der Waals surface area (Å²) in [6.07, 6.45) is 1.57. The molecule has 0 aliphatic heterocycles. The molecule has 0 aromatic heterocycles. The molecule has 0 aliphatic carbocycles. The lowest BCUT2D eigenvalue weighted by Crippen LogP contribution is -2.18. The van der Waals surface area contributed by atoms with E-state index < -0.39 is 0 Å². The number of halogens is 1. The zero-order valence-electron chi connectivity index (χ0n) is 16.0. The van der Waals surface area contributed by atoms with Crippen molar-refractivity contribution in [1.82, 2.24) is 5.43 Å². The van der Waals surface area contributed by atoms with E-state index >= 15 is 0 Å². The first kappa shape index (κ1) is 20.6. The van der Waals surface area contributed by atoms with Gasteiger partial charge in [0, 0.05) is 10.0 Å². The van der Waals surface area contributed by atoms with Crippen molar-refractivity contribution in [1.29, 1.82) is 0 Å². The summed E-state index contributed by atoms with van der Waals surface area (Å²) in [4.78, 5) is 12.6. The van der Waals surface area contributed by atoms with Gasteiger partial charge in [-0.25, -0.2) is 5.43 Å². The molecule has 0 spiro atoms. The van der Waals surface area contributed by atoms with E-state index in [-0.39, 0.29) is 5.91 Å². The predicted octanol–water partition coefficient (Wildman–Crippen LogP) is 5.19. The van der Waals surface area contributed by atoms with Crippen LogP contribution in [0.4, 0.5) is 0 Å². The van der Waals surface area contributed by atoms with Gasteiger partial charge in [-0.15, -0.1) is 0 Å². The van der Waals surface area contributed by atoms with Gasteiger partial charge in [0.1, 0.15) is 18.1 Å². The Morgan fingerprint density at radius 3 is 2.59 bits per heavy atom. The van der Waals surface area contributed by atoms with E-state index in [2.05, 4.69) is 26.5 Å². The van der Waals surface area contributed by atoms with E-state index in [4.69, 9.17) is 9.47 Å². The average Bonchev–Trinajstić information content (AvgIpc) is 2.75. The van der Waals surface area contributed by atoms with Crippen molar-refractivity contribution in [3.05, 3.63) is 94.0 Å². The molecule has 0 heterocycles. The predicted molar refractivity (Wildman–Crippen MR) is 118 cm³/mol. The number of benzene rings is 3. The van der Waals surface area contributed by atoms with Crippen LogP contribution in [0.25, 0.3) is 0 Å². The van der Waals surface area contributed by atoms with Crippen LogP contribution < -0.4 is 14.9 Å². The van der Waals surface area contributed by atoms with Gasteiger partial charge in [-0.05, 0) is 42.8 Å². The summed E-state index contributed by atoms with van der Waals surface area (Å²) in [5.41, 5.74) is 4.80. The van der Waals surface area contributed by atoms with E-state index in [1.165, 1.54) is 0 Å². The zero-order valence-corrected chi connectivity index (χ0v) is 17.6. The van der Waals surface area contributed by atoms with Gasteiger partial charge in [-0.1, -0.05) is 58.4 Å². The highest BCUT2D eigenvalue weighted by atomic mass is 79.9. The molecule has 1 N–H and O–H groups in total. The Labute approximate surface area is 178 Å². The Morgan fingerprint density at radius 1 is 1.03 bits per heavy atom. The van der Waals surface area contributed by atoms with Crippen LogP contribution >= 0.6 is 15.9 Å². The van der Waals surface area contributed by atoms with E-state index in [9.17, 15) is 4.79 Å². The van der Waals surface area contributed by atoms with Crippen molar-refractivity contribution in [2.45, 2.75) is 13.5 Å². The van der Waals surface area contributed by atoms with Crippen molar-refractivity contribution in [3.8, 4) is 11.5 Å². The second-order valence-corrected chi connectivity index (χ2v) is 6.94. The Balaban J connectivity index is 1.67. The molecule has 0 bridgehead atoms. The first-order valence-electron chi connectivity index (χ1n) is 9.19. The SMILES string of the molecule is CCOc1ccc(Br)c(C=NNC(=O)c2ccccc2OCc2ccccc2)c1. The van der Waals surface area contributed by atoms with Gasteiger partial charge < -0.3 is 9.47 Å². The van der Waals surface area contributed by atoms with Crippen LogP contribution in [0, 0.1) is 0 Å².